The first-order chi connectivity index (χ1) is 9.47. The van der Waals surface area contributed by atoms with Crippen LogP contribution < -0.4 is 10.8 Å². The van der Waals surface area contributed by atoms with Crippen LogP contribution in [0, 0.1) is 5.82 Å². The normalized spacial score (nSPS) is 10.2. The molecule has 0 aliphatic heterocycles. The lowest BCUT2D eigenvalue weighted by Crippen LogP contribution is -2.31. The number of carbonyl (C=O) groups is 1. The van der Waals surface area contributed by atoms with Crippen molar-refractivity contribution in [3.8, 4) is 0 Å². The van der Waals surface area contributed by atoms with Gasteiger partial charge in [-0.15, -0.1) is 0 Å². The molecule has 2 aromatic carbocycles. The van der Waals surface area contributed by atoms with Gasteiger partial charge in [0.05, 0.1) is 5.56 Å². The van der Waals surface area contributed by atoms with Gasteiger partial charge in [-0.1, -0.05) is 22.0 Å². The van der Waals surface area contributed by atoms with Gasteiger partial charge >= 0.3 is 7.12 Å². The Morgan fingerprint density at radius 3 is 2.40 bits per heavy atom. The van der Waals surface area contributed by atoms with Gasteiger partial charge in [-0.2, -0.15) is 0 Å². The van der Waals surface area contributed by atoms with Crippen molar-refractivity contribution in [3.05, 3.63) is 58.3 Å². The molecule has 1 amide bonds. The number of carbonyl (C=O) groups excluding carboxylic acids is 1. The summed E-state index contributed by atoms with van der Waals surface area (Å²) in [6, 6.07) is 10.1. The molecule has 0 heterocycles. The summed E-state index contributed by atoms with van der Waals surface area (Å²) in [6.45, 7) is 0. The van der Waals surface area contributed by atoms with Crippen LogP contribution in [-0.4, -0.2) is 23.1 Å². The highest BCUT2D eigenvalue weighted by Gasteiger charge is 2.17. The third-order valence-electron chi connectivity index (χ3n) is 2.64. The zero-order valence-electron chi connectivity index (χ0n) is 10.2. The van der Waals surface area contributed by atoms with Crippen molar-refractivity contribution in [1.82, 2.24) is 0 Å². The molecule has 0 saturated heterocycles. The summed E-state index contributed by atoms with van der Waals surface area (Å²) in [6.07, 6.45) is 0. The van der Waals surface area contributed by atoms with Gasteiger partial charge in [0.25, 0.3) is 5.91 Å². The molecule has 0 bridgehead atoms. The average Bonchev–Trinajstić information content (AvgIpc) is 2.41. The first-order valence-corrected chi connectivity index (χ1v) is 6.49. The Hall–Kier alpha value is -1.70. The number of hydrogen-bond donors (Lipinski definition) is 3. The number of halogens is 2. The fraction of sp³-hybridized carbons (Fsp3) is 0. The standard InChI is InChI=1S/C13H10BBrFNO3/c15-9-2-4-10(5-3-9)17-13(18)11-7-8(14(19)20)1-6-12(11)16/h1-7,19-20H,(H,17,18). The van der Waals surface area contributed by atoms with Crippen molar-refractivity contribution in [1.29, 1.82) is 0 Å². The Labute approximate surface area is 123 Å². The number of anilines is 1. The van der Waals surface area contributed by atoms with Crippen LogP contribution in [-0.2, 0) is 0 Å². The molecule has 4 nitrogen and oxygen atoms in total. The van der Waals surface area contributed by atoms with E-state index in [1.165, 1.54) is 6.07 Å². The van der Waals surface area contributed by atoms with E-state index < -0.39 is 18.8 Å². The molecule has 20 heavy (non-hydrogen) atoms. The van der Waals surface area contributed by atoms with Crippen molar-refractivity contribution < 1.29 is 19.2 Å². The fourth-order valence-corrected chi connectivity index (χ4v) is 1.87. The van der Waals surface area contributed by atoms with Gasteiger partial charge in [0.2, 0.25) is 0 Å². The van der Waals surface area contributed by atoms with Crippen LogP contribution >= 0.6 is 15.9 Å². The van der Waals surface area contributed by atoms with Gasteiger partial charge in [-0.05, 0) is 41.9 Å². The first kappa shape index (κ1) is 14.7. The number of amides is 1. The van der Waals surface area contributed by atoms with E-state index >= 15 is 0 Å². The Kier molecular flexibility index (Phi) is 4.54. The van der Waals surface area contributed by atoms with Gasteiger partial charge < -0.3 is 15.4 Å². The van der Waals surface area contributed by atoms with Gasteiger partial charge in [0.1, 0.15) is 5.82 Å². The zero-order chi connectivity index (χ0) is 14.7. The largest absolute Gasteiger partial charge is 0.488 e. The lowest BCUT2D eigenvalue weighted by molar-refractivity contribution is 0.102. The molecular weight excluding hydrogens is 328 g/mol. The van der Waals surface area contributed by atoms with Crippen molar-refractivity contribution in [2.45, 2.75) is 0 Å². The quantitative estimate of drug-likeness (QED) is 0.744. The third-order valence-corrected chi connectivity index (χ3v) is 3.16. The molecule has 102 valence electrons. The molecule has 3 N–H and O–H groups in total. The molecule has 0 aliphatic rings. The van der Waals surface area contributed by atoms with Crippen LogP contribution in [0.15, 0.2) is 46.9 Å². The summed E-state index contributed by atoms with van der Waals surface area (Å²) in [5.74, 6) is -1.39. The van der Waals surface area contributed by atoms with Crippen molar-refractivity contribution in [3.63, 3.8) is 0 Å². The molecule has 0 unspecified atom stereocenters. The molecular formula is C13H10BBrFNO3. The monoisotopic (exact) mass is 337 g/mol. The topological polar surface area (TPSA) is 69.6 Å². The van der Waals surface area contributed by atoms with Gasteiger partial charge in [-0.25, -0.2) is 4.39 Å². The summed E-state index contributed by atoms with van der Waals surface area (Å²) in [7, 11) is -1.75. The molecule has 0 aromatic heterocycles. The number of benzene rings is 2. The van der Waals surface area contributed by atoms with Crippen LogP contribution in [0.4, 0.5) is 10.1 Å². The van der Waals surface area contributed by atoms with Gasteiger partial charge in [0.15, 0.2) is 0 Å². The van der Waals surface area contributed by atoms with E-state index in [9.17, 15) is 9.18 Å². The van der Waals surface area contributed by atoms with E-state index in [2.05, 4.69) is 21.2 Å². The van der Waals surface area contributed by atoms with E-state index in [-0.39, 0.29) is 11.0 Å². The molecule has 0 aliphatic carbocycles. The zero-order valence-corrected chi connectivity index (χ0v) is 11.8. The van der Waals surface area contributed by atoms with Crippen LogP contribution in [0.2, 0.25) is 0 Å². The smallest absolute Gasteiger partial charge is 0.423 e. The number of hydrogen-bond acceptors (Lipinski definition) is 3. The third kappa shape index (κ3) is 3.44. The van der Waals surface area contributed by atoms with E-state index in [1.54, 1.807) is 24.3 Å². The highest BCUT2D eigenvalue weighted by molar-refractivity contribution is 9.10. The Balaban J connectivity index is 2.24. The second-order valence-electron chi connectivity index (χ2n) is 4.07. The molecule has 0 radical (unpaired) electrons. The lowest BCUT2D eigenvalue weighted by Gasteiger charge is -2.08. The molecule has 2 aromatic rings. The summed E-state index contributed by atoms with van der Waals surface area (Å²) in [5.41, 5.74) is 0.304. The van der Waals surface area contributed by atoms with Crippen LogP contribution in [0.1, 0.15) is 10.4 Å². The predicted molar refractivity (Wildman–Crippen MR) is 78.3 cm³/mol. The second kappa shape index (κ2) is 6.17. The minimum atomic E-state index is -1.75. The van der Waals surface area contributed by atoms with E-state index in [0.717, 1.165) is 16.6 Å². The minimum absolute atomic E-state index is 0.0485. The van der Waals surface area contributed by atoms with Crippen molar-refractivity contribution >= 4 is 40.1 Å². The molecule has 0 saturated carbocycles. The van der Waals surface area contributed by atoms with Crippen molar-refractivity contribution in [2.24, 2.45) is 0 Å². The maximum atomic E-state index is 13.6. The fourth-order valence-electron chi connectivity index (χ4n) is 1.61. The minimum Gasteiger partial charge on any atom is -0.423 e. The highest BCUT2D eigenvalue weighted by Crippen LogP contribution is 2.15. The second-order valence-corrected chi connectivity index (χ2v) is 4.99. The van der Waals surface area contributed by atoms with Gasteiger partial charge in [-0.3, -0.25) is 4.79 Å². The van der Waals surface area contributed by atoms with E-state index in [0.29, 0.717) is 5.69 Å². The Morgan fingerprint density at radius 2 is 1.80 bits per heavy atom. The van der Waals surface area contributed by atoms with Crippen LogP contribution in [0.5, 0.6) is 0 Å². The Bertz CT molecular complexity index is 634. The summed E-state index contributed by atoms with van der Waals surface area (Å²) >= 11 is 3.27. The summed E-state index contributed by atoms with van der Waals surface area (Å²) < 4.78 is 14.5. The van der Waals surface area contributed by atoms with E-state index in [4.69, 9.17) is 10.0 Å². The highest BCUT2D eigenvalue weighted by atomic mass is 79.9. The maximum absolute atomic E-state index is 13.6. The van der Waals surface area contributed by atoms with Gasteiger partial charge in [0, 0.05) is 10.2 Å². The van der Waals surface area contributed by atoms with Crippen molar-refractivity contribution in [2.75, 3.05) is 5.32 Å². The number of nitrogens with one attached hydrogen (secondary N) is 1. The molecule has 2 rings (SSSR count). The first-order valence-electron chi connectivity index (χ1n) is 5.70. The molecule has 0 fully saturated rings. The number of rotatable bonds is 3. The summed E-state index contributed by atoms with van der Waals surface area (Å²) in [5, 5.41) is 20.6. The molecule has 0 atom stereocenters. The Morgan fingerprint density at radius 1 is 1.15 bits per heavy atom. The molecule has 7 heteroatoms. The maximum Gasteiger partial charge on any atom is 0.488 e. The predicted octanol–water partition coefficient (Wildman–Crippen LogP) is 1.52. The lowest BCUT2D eigenvalue weighted by atomic mass is 9.79. The average molecular weight is 338 g/mol. The van der Waals surface area contributed by atoms with E-state index in [1.807, 2.05) is 0 Å². The SMILES string of the molecule is O=C(Nc1ccc(Br)cc1)c1cc(B(O)O)ccc1F. The summed E-state index contributed by atoms with van der Waals surface area (Å²) in [4.78, 5) is 12.0. The van der Waals surface area contributed by atoms with Crippen LogP contribution in [0.3, 0.4) is 0 Å². The molecule has 0 spiro atoms. The van der Waals surface area contributed by atoms with Crippen LogP contribution in [0.25, 0.3) is 0 Å².